The Balaban J connectivity index is 1.26. The largest absolute Gasteiger partial charge is 0.448 e. The number of carbonyl (C=O) groups excluding carboxylic acids is 1. The second-order valence-electron chi connectivity index (χ2n) is 10.2. The van der Waals surface area contributed by atoms with Crippen LogP contribution in [-0.4, -0.2) is 11.6 Å². The maximum Gasteiger partial charge on any atom is 0.251 e. The van der Waals surface area contributed by atoms with Crippen LogP contribution in [0, 0.1) is 23.2 Å². The average Bonchev–Trinajstić information content (AvgIpc) is 2.99. The SMILES string of the molecule is O=C(Cc1cccc2c1OC1(CCCCC1)O2)C12CC3CC(CC(C3)C1)C2. The van der Waals surface area contributed by atoms with Crippen LogP contribution in [0.3, 0.4) is 0 Å². The van der Waals surface area contributed by atoms with Crippen molar-refractivity contribution in [1.82, 2.24) is 0 Å². The van der Waals surface area contributed by atoms with Crippen LogP contribution in [0.5, 0.6) is 11.5 Å². The second-order valence-corrected chi connectivity index (χ2v) is 10.2. The first kappa shape index (κ1) is 16.4. The second kappa shape index (κ2) is 5.75. The molecule has 0 atom stereocenters. The lowest BCUT2D eigenvalue weighted by atomic mass is 9.48. The minimum atomic E-state index is -0.458. The van der Waals surface area contributed by atoms with Crippen molar-refractivity contribution in [2.75, 3.05) is 0 Å². The summed E-state index contributed by atoms with van der Waals surface area (Å²) >= 11 is 0. The van der Waals surface area contributed by atoms with Crippen LogP contribution in [0.4, 0.5) is 0 Å². The molecule has 0 N–H and O–H groups in total. The van der Waals surface area contributed by atoms with Crippen LogP contribution in [0.25, 0.3) is 0 Å². The van der Waals surface area contributed by atoms with Gasteiger partial charge < -0.3 is 9.47 Å². The molecule has 5 aliphatic carbocycles. The predicted molar refractivity (Wildman–Crippen MR) is 103 cm³/mol. The summed E-state index contributed by atoms with van der Waals surface area (Å²) in [6.07, 6.45) is 13.6. The molecule has 5 fully saturated rings. The summed E-state index contributed by atoms with van der Waals surface area (Å²) in [5.74, 6) is 4.17. The highest BCUT2D eigenvalue weighted by molar-refractivity contribution is 5.88. The summed E-state index contributed by atoms with van der Waals surface area (Å²) < 4.78 is 12.7. The molecule has 5 saturated carbocycles. The third-order valence-corrected chi connectivity index (χ3v) is 8.24. The zero-order valence-corrected chi connectivity index (χ0v) is 16.2. The van der Waals surface area contributed by atoms with E-state index in [4.69, 9.17) is 9.47 Å². The number of ketones is 1. The number of carbonyl (C=O) groups is 1. The molecule has 1 aromatic rings. The monoisotopic (exact) mass is 366 g/mol. The summed E-state index contributed by atoms with van der Waals surface area (Å²) in [5, 5.41) is 0. The van der Waals surface area contributed by atoms with Crippen molar-refractivity contribution in [3.63, 3.8) is 0 Å². The van der Waals surface area contributed by atoms with Crippen LogP contribution >= 0.6 is 0 Å². The van der Waals surface area contributed by atoms with E-state index in [0.29, 0.717) is 12.2 Å². The maximum atomic E-state index is 13.5. The molecule has 3 nitrogen and oxygen atoms in total. The summed E-state index contributed by atoms with van der Waals surface area (Å²) in [5.41, 5.74) is 1.02. The Hall–Kier alpha value is -1.51. The number of rotatable bonds is 3. The smallest absolute Gasteiger partial charge is 0.251 e. The minimum absolute atomic E-state index is 0.0283. The fraction of sp³-hybridized carbons (Fsp3) is 0.708. The van der Waals surface area contributed by atoms with Crippen molar-refractivity contribution in [1.29, 1.82) is 0 Å². The molecule has 0 saturated heterocycles. The van der Waals surface area contributed by atoms with Crippen molar-refractivity contribution < 1.29 is 14.3 Å². The molecule has 27 heavy (non-hydrogen) atoms. The molecule has 0 amide bonds. The molecule has 4 bridgehead atoms. The molecular weight excluding hydrogens is 336 g/mol. The fourth-order valence-electron chi connectivity index (χ4n) is 7.41. The lowest BCUT2D eigenvalue weighted by Crippen LogP contribution is -2.50. The van der Waals surface area contributed by atoms with Crippen LogP contribution in [-0.2, 0) is 11.2 Å². The quantitative estimate of drug-likeness (QED) is 0.714. The molecule has 0 aromatic heterocycles. The van der Waals surface area contributed by atoms with Gasteiger partial charge in [0.05, 0.1) is 0 Å². The number of benzene rings is 1. The molecular formula is C24H30O3. The van der Waals surface area contributed by atoms with E-state index >= 15 is 0 Å². The zero-order chi connectivity index (χ0) is 18.1. The van der Waals surface area contributed by atoms with Gasteiger partial charge in [0.2, 0.25) is 0 Å². The third-order valence-electron chi connectivity index (χ3n) is 8.24. The van der Waals surface area contributed by atoms with Gasteiger partial charge in [-0.2, -0.15) is 0 Å². The summed E-state index contributed by atoms with van der Waals surface area (Å²) in [6.45, 7) is 0. The van der Waals surface area contributed by atoms with Gasteiger partial charge in [-0.3, -0.25) is 4.79 Å². The number of ether oxygens (including phenoxy) is 2. The van der Waals surface area contributed by atoms with Crippen molar-refractivity contribution in [2.45, 2.75) is 82.8 Å². The molecule has 7 rings (SSSR count). The van der Waals surface area contributed by atoms with Gasteiger partial charge in [0.1, 0.15) is 5.78 Å². The lowest BCUT2D eigenvalue weighted by molar-refractivity contribution is -0.143. The van der Waals surface area contributed by atoms with Gasteiger partial charge in [0, 0.05) is 30.2 Å². The van der Waals surface area contributed by atoms with Crippen LogP contribution in [0.2, 0.25) is 0 Å². The standard InChI is InChI=1S/C24H30O3/c25-21(23-13-16-9-17(14-23)11-18(10-16)15-23)12-19-5-4-6-20-22(19)27-24(26-20)7-2-1-3-8-24/h4-6,16-18H,1-3,7-15H2. The highest BCUT2D eigenvalue weighted by Crippen LogP contribution is 2.60. The Labute approximate surface area is 161 Å². The highest BCUT2D eigenvalue weighted by atomic mass is 16.7. The summed E-state index contributed by atoms with van der Waals surface area (Å²) in [6, 6.07) is 6.13. The molecule has 1 aliphatic heterocycles. The Bertz CT molecular complexity index is 739. The van der Waals surface area contributed by atoms with Crippen molar-refractivity contribution in [3.05, 3.63) is 23.8 Å². The van der Waals surface area contributed by atoms with Gasteiger partial charge in [-0.25, -0.2) is 0 Å². The van der Waals surface area contributed by atoms with Gasteiger partial charge in [-0.05, 0) is 75.2 Å². The molecule has 0 unspecified atom stereocenters. The van der Waals surface area contributed by atoms with Crippen molar-refractivity contribution in [2.24, 2.45) is 23.2 Å². The number of hydrogen-bond donors (Lipinski definition) is 0. The van der Waals surface area contributed by atoms with Gasteiger partial charge in [0.15, 0.2) is 11.5 Å². The Morgan fingerprint density at radius 2 is 1.59 bits per heavy atom. The van der Waals surface area contributed by atoms with Crippen molar-refractivity contribution in [3.8, 4) is 11.5 Å². The molecule has 3 heteroatoms. The molecule has 1 heterocycles. The first-order valence-electron chi connectivity index (χ1n) is 11.2. The summed E-state index contributed by atoms with van der Waals surface area (Å²) in [4.78, 5) is 13.5. The Morgan fingerprint density at radius 1 is 0.926 bits per heavy atom. The van der Waals surface area contributed by atoms with Crippen molar-refractivity contribution >= 4 is 5.78 Å². The maximum absolute atomic E-state index is 13.5. The molecule has 1 aromatic carbocycles. The van der Waals surface area contributed by atoms with E-state index in [9.17, 15) is 4.79 Å². The van der Waals surface area contributed by atoms with Crippen LogP contribution in [0.1, 0.15) is 76.2 Å². The van der Waals surface area contributed by atoms with Gasteiger partial charge in [0.25, 0.3) is 5.79 Å². The Morgan fingerprint density at radius 3 is 2.26 bits per heavy atom. The zero-order valence-electron chi connectivity index (χ0n) is 16.2. The Kier molecular flexibility index (Phi) is 3.50. The third kappa shape index (κ3) is 2.57. The van der Waals surface area contributed by atoms with Gasteiger partial charge >= 0.3 is 0 Å². The normalized spacial score (nSPS) is 37.7. The van der Waals surface area contributed by atoms with Gasteiger partial charge in [-0.1, -0.05) is 18.6 Å². The van der Waals surface area contributed by atoms with E-state index in [-0.39, 0.29) is 5.41 Å². The topological polar surface area (TPSA) is 35.5 Å². The highest BCUT2D eigenvalue weighted by Gasteiger charge is 2.54. The molecule has 6 aliphatic rings. The van der Waals surface area contributed by atoms with E-state index in [1.165, 1.54) is 25.7 Å². The van der Waals surface area contributed by atoms with E-state index in [1.807, 2.05) is 12.1 Å². The first-order chi connectivity index (χ1) is 13.1. The predicted octanol–water partition coefficient (Wildman–Crippen LogP) is 5.45. The fourth-order valence-corrected chi connectivity index (χ4v) is 7.41. The molecule has 0 radical (unpaired) electrons. The number of para-hydroxylation sites is 1. The van der Waals surface area contributed by atoms with E-state index in [2.05, 4.69) is 6.07 Å². The lowest BCUT2D eigenvalue weighted by Gasteiger charge is -2.56. The van der Waals surface area contributed by atoms with Gasteiger partial charge in [-0.15, -0.1) is 0 Å². The number of hydrogen-bond acceptors (Lipinski definition) is 3. The average molecular weight is 367 g/mol. The van der Waals surface area contributed by atoms with E-state index in [0.717, 1.165) is 79.8 Å². The summed E-state index contributed by atoms with van der Waals surface area (Å²) in [7, 11) is 0. The number of Topliss-reactive ketones (excluding diaryl/α,β-unsaturated/α-hetero) is 1. The van der Waals surface area contributed by atoms with Crippen LogP contribution < -0.4 is 9.47 Å². The molecule has 144 valence electrons. The van der Waals surface area contributed by atoms with Crippen LogP contribution in [0.15, 0.2) is 18.2 Å². The minimum Gasteiger partial charge on any atom is -0.448 e. The molecule has 1 spiro atoms. The van der Waals surface area contributed by atoms with E-state index < -0.39 is 5.79 Å². The first-order valence-corrected chi connectivity index (χ1v) is 11.2. The van der Waals surface area contributed by atoms with E-state index in [1.54, 1.807) is 0 Å². The number of fused-ring (bicyclic) bond motifs is 1.